The number of anilines is 1. The van der Waals surface area contributed by atoms with E-state index < -0.39 is 0 Å². The highest BCUT2D eigenvalue weighted by Crippen LogP contribution is 2.10. The Kier molecular flexibility index (Phi) is 4.82. The number of aliphatic hydroxyl groups excluding tert-OH is 1. The number of aromatic nitrogens is 2. The van der Waals surface area contributed by atoms with E-state index in [9.17, 15) is 0 Å². The van der Waals surface area contributed by atoms with Gasteiger partial charge in [-0.25, -0.2) is 9.97 Å². The zero-order chi connectivity index (χ0) is 10.4. The lowest BCUT2D eigenvalue weighted by Crippen LogP contribution is -2.13. The summed E-state index contributed by atoms with van der Waals surface area (Å²) in [6.07, 6.45) is 2.31. The Bertz CT molecular complexity index is 283. The van der Waals surface area contributed by atoms with E-state index in [-0.39, 0.29) is 6.61 Å². The molecule has 4 nitrogen and oxygen atoms in total. The minimum Gasteiger partial charge on any atom is -0.396 e. The topological polar surface area (TPSA) is 58.0 Å². The number of rotatable bonds is 5. The number of nitrogens with zero attached hydrogens (tertiary/aromatic N) is 2. The summed E-state index contributed by atoms with van der Waals surface area (Å²) >= 11 is 3.27. The van der Waals surface area contributed by atoms with Crippen LogP contribution in [0.5, 0.6) is 0 Å². The van der Waals surface area contributed by atoms with E-state index in [2.05, 4.69) is 38.1 Å². The fraction of sp³-hybridized carbons (Fsp3) is 0.556. The first-order valence-electron chi connectivity index (χ1n) is 4.54. The summed E-state index contributed by atoms with van der Waals surface area (Å²) in [4.78, 5) is 7.99. The van der Waals surface area contributed by atoms with Gasteiger partial charge in [-0.3, -0.25) is 0 Å². The first-order valence-corrected chi connectivity index (χ1v) is 5.34. The van der Waals surface area contributed by atoms with E-state index in [1.54, 1.807) is 0 Å². The van der Waals surface area contributed by atoms with Gasteiger partial charge in [-0.05, 0) is 28.3 Å². The maximum atomic E-state index is 8.72. The molecule has 1 aromatic rings. The smallest absolute Gasteiger partial charge is 0.130 e. The average Bonchev–Trinajstić information content (AvgIpc) is 2.15. The molecule has 1 rings (SSSR count). The monoisotopic (exact) mass is 259 g/mol. The number of hydrogen-bond acceptors (Lipinski definition) is 4. The third-order valence-electron chi connectivity index (χ3n) is 1.89. The minimum atomic E-state index is 0.232. The zero-order valence-electron chi connectivity index (χ0n) is 8.07. The lowest BCUT2D eigenvalue weighted by molar-refractivity contribution is 0.266. The highest BCUT2D eigenvalue weighted by molar-refractivity contribution is 9.10. The van der Waals surface area contributed by atoms with E-state index >= 15 is 0 Å². The van der Waals surface area contributed by atoms with Crippen molar-refractivity contribution in [3.8, 4) is 0 Å². The van der Waals surface area contributed by atoms with E-state index in [1.807, 2.05) is 6.07 Å². The molecule has 14 heavy (non-hydrogen) atoms. The summed E-state index contributed by atoms with van der Waals surface area (Å²) in [5, 5.41) is 11.9. The van der Waals surface area contributed by atoms with Gasteiger partial charge in [-0.15, -0.1) is 0 Å². The average molecular weight is 260 g/mol. The van der Waals surface area contributed by atoms with Crippen molar-refractivity contribution in [2.75, 3.05) is 18.5 Å². The lowest BCUT2D eigenvalue weighted by atomic mass is 10.1. The number of hydrogen-bond donors (Lipinski definition) is 2. The molecule has 2 N–H and O–H groups in total. The van der Waals surface area contributed by atoms with Crippen LogP contribution < -0.4 is 5.32 Å². The van der Waals surface area contributed by atoms with Crippen LogP contribution in [0.1, 0.15) is 13.3 Å². The Morgan fingerprint density at radius 3 is 3.00 bits per heavy atom. The van der Waals surface area contributed by atoms with E-state index in [0.29, 0.717) is 5.92 Å². The number of nitrogens with one attached hydrogen (secondary N) is 1. The largest absolute Gasteiger partial charge is 0.396 e. The standard InChI is InChI=1S/C9H14BrN3O/c1-7(2-3-14)5-11-9-4-8(10)12-6-13-9/h4,6-7,14H,2-3,5H2,1H3,(H,11,12,13). The van der Waals surface area contributed by atoms with Gasteiger partial charge in [0.25, 0.3) is 0 Å². The van der Waals surface area contributed by atoms with Gasteiger partial charge in [0.2, 0.25) is 0 Å². The molecule has 0 bridgehead atoms. The van der Waals surface area contributed by atoms with Crippen LogP contribution in [0.25, 0.3) is 0 Å². The Hall–Kier alpha value is -0.680. The van der Waals surface area contributed by atoms with Gasteiger partial charge in [-0.1, -0.05) is 6.92 Å². The van der Waals surface area contributed by atoms with E-state index in [4.69, 9.17) is 5.11 Å². The molecule has 0 aliphatic carbocycles. The molecule has 0 fully saturated rings. The van der Waals surface area contributed by atoms with Crippen LogP contribution in [0, 0.1) is 5.92 Å². The van der Waals surface area contributed by atoms with Crippen LogP contribution in [0.3, 0.4) is 0 Å². The Morgan fingerprint density at radius 2 is 2.36 bits per heavy atom. The highest BCUT2D eigenvalue weighted by Gasteiger charge is 2.01. The van der Waals surface area contributed by atoms with Crippen molar-refractivity contribution in [1.82, 2.24) is 9.97 Å². The van der Waals surface area contributed by atoms with Crippen LogP contribution in [-0.2, 0) is 0 Å². The van der Waals surface area contributed by atoms with Crippen LogP contribution in [0.15, 0.2) is 17.0 Å². The third-order valence-corrected chi connectivity index (χ3v) is 2.32. The third kappa shape index (κ3) is 4.02. The summed E-state index contributed by atoms with van der Waals surface area (Å²) in [5.41, 5.74) is 0. The van der Waals surface area contributed by atoms with Gasteiger partial charge in [0.05, 0.1) is 0 Å². The summed E-state index contributed by atoms with van der Waals surface area (Å²) in [5.74, 6) is 1.24. The van der Waals surface area contributed by atoms with Gasteiger partial charge < -0.3 is 10.4 Å². The molecule has 1 heterocycles. The quantitative estimate of drug-likeness (QED) is 0.791. The van der Waals surface area contributed by atoms with Crippen molar-refractivity contribution in [1.29, 1.82) is 0 Å². The Labute approximate surface area is 91.9 Å². The summed E-state index contributed by atoms with van der Waals surface area (Å²) in [6, 6.07) is 1.83. The van der Waals surface area contributed by atoms with Gasteiger partial charge in [-0.2, -0.15) is 0 Å². The fourth-order valence-corrected chi connectivity index (χ4v) is 1.34. The Morgan fingerprint density at radius 1 is 1.57 bits per heavy atom. The van der Waals surface area contributed by atoms with Crippen molar-refractivity contribution in [2.24, 2.45) is 5.92 Å². The maximum absolute atomic E-state index is 8.72. The minimum absolute atomic E-state index is 0.232. The Balaban J connectivity index is 2.37. The predicted molar refractivity (Wildman–Crippen MR) is 59.1 cm³/mol. The van der Waals surface area contributed by atoms with Crippen molar-refractivity contribution in [3.63, 3.8) is 0 Å². The van der Waals surface area contributed by atoms with Crippen LogP contribution in [0.2, 0.25) is 0 Å². The molecular formula is C9H14BrN3O. The maximum Gasteiger partial charge on any atom is 0.130 e. The first kappa shape index (κ1) is 11.4. The highest BCUT2D eigenvalue weighted by atomic mass is 79.9. The molecule has 0 spiro atoms. The van der Waals surface area contributed by atoms with E-state index in [1.165, 1.54) is 6.33 Å². The fourth-order valence-electron chi connectivity index (χ4n) is 1.03. The molecule has 0 amide bonds. The van der Waals surface area contributed by atoms with Gasteiger partial charge in [0.15, 0.2) is 0 Å². The second-order valence-corrected chi connectivity index (χ2v) is 4.04. The molecule has 0 aromatic carbocycles. The molecule has 5 heteroatoms. The second kappa shape index (κ2) is 5.93. The van der Waals surface area contributed by atoms with Crippen molar-refractivity contribution in [2.45, 2.75) is 13.3 Å². The molecule has 1 atom stereocenters. The molecule has 0 aliphatic heterocycles. The SMILES string of the molecule is CC(CCO)CNc1cc(Br)ncn1. The molecule has 0 saturated carbocycles. The molecule has 0 saturated heterocycles. The normalized spacial score (nSPS) is 12.5. The first-order chi connectivity index (χ1) is 6.72. The molecule has 0 radical (unpaired) electrons. The van der Waals surface area contributed by atoms with Gasteiger partial charge in [0.1, 0.15) is 16.7 Å². The van der Waals surface area contributed by atoms with Gasteiger partial charge >= 0.3 is 0 Å². The summed E-state index contributed by atoms with van der Waals surface area (Å²) in [6.45, 7) is 3.12. The summed E-state index contributed by atoms with van der Waals surface area (Å²) in [7, 11) is 0. The molecule has 0 aliphatic rings. The molecular weight excluding hydrogens is 246 g/mol. The molecule has 78 valence electrons. The van der Waals surface area contributed by atoms with Crippen LogP contribution in [0.4, 0.5) is 5.82 Å². The zero-order valence-corrected chi connectivity index (χ0v) is 9.66. The summed E-state index contributed by atoms with van der Waals surface area (Å²) < 4.78 is 0.768. The lowest BCUT2D eigenvalue weighted by Gasteiger charge is -2.11. The molecule has 1 unspecified atom stereocenters. The van der Waals surface area contributed by atoms with Gasteiger partial charge in [0, 0.05) is 19.2 Å². The van der Waals surface area contributed by atoms with Crippen LogP contribution >= 0.6 is 15.9 Å². The number of aliphatic hydroxyl groups is 1. The molecule has 1 aromatic heterocycles. The van der Waals surface area contributed by atoms with Crippen molar-refractivity contribution < 1.29 is 5.11 Å². The van der Waals surface area contributed by atoms with Crippen molar-refractivity contribution >= 4 is 21.7 Å². The van der Waals surface area contributed by atoms with Crippen LogP contribution in [-0.4, -0.2) is 28.2 Å². The predicted octanol–water partition coefficient (Wildman–Crippen LogP) is 1.67. The van der Waals surface area contributed by atoms with Crippen molar-refractivity contribution in [3.05, 3.63) is 17.0 Å². The second-order valence-electron chi connectivity index (χ2n) is 3.22. The number of halogens is 1. The van der Waals surface area contributed by atoms with E-state index in [0.717, 1.165) is 23.4 Å².